The Morgan fingerprint density at radius 1 is 1.44 bits per heavy atom. The fourth-order valence-corrected chi connectivity index (χ4v) is 1.94. The van der Waals surface area contributed by atoms with Crippen LogP contribution in [0.15, 0.2) is 0 Å². The van der Waals surface area contributed by atoms with Gasteiger partial charge in [-0.05, 0) is 19.4 Å². The van der Waals surface area contributed by atoms with Gasteiger partial charge in [0.25, 0.3) is 0 Å². The number of nitrogens with zero attached hydrogens (tertiary/aromatic N) is 1. The number of hydrogen-bond donors (Lipinski definition) is 1. The molecule has 1 N–H and O–H groups in total. The predicted molar refractivity (Wildman–Crippen MR) is 63.6 cm³/mol. The topological polar surface area (TPSA) is 41.9 Å². The average Bonchev–Trinajstić information content (AvgIpc) is 2.30. The normalized spacial score (nSPS) is 24.6. The largest absolute Gasteiger partial charge is 0.388 e. The molecular weight excluding hydrogens is 206 g/mol. The Balaban J connectivity index is 2.23. The van der Waals surface area contributed by atoms with E-state index in [1.165, 1.54) is 0 Å². The molecule has 1 aliphatic heterocycles. The van der Waals surface area contributed by atoms with Crippen LogP contribution in [-0.4, -0.2) is 61.7 Å². The first-order chi connectivity index (χ1) is 7.77. The molecule has 1 saturated heterocycles. The third-order valence-corrected chi connectivity index (χ3v) is 2.78. The number of aliphatic hydroxyl groups is 1. The van der Waals surface area contributed by atoms with E-state index in [0.717, 1.165) is 39.1 Å². The monoisotopic (exact) mass is 231 g/mol. The van der Waals surface area contributed by atoms with Crippen LogP contribution in [0.25, 0.3) is 0 Å². The van der Waals surface area contributed by atoms with Gasteiger partial charge in [0.1, 0.15) is 6.10 Å². The van der Waals surface area contributed by atoms with Gasteiger partial charge in [0.15, 0.2) is 0 Å². The lowest BCUT2D eigenvalue weighted by Crippen LogP contribution is -2.49. The van der Waals surface area contributed by atoms with Gasteiger partial charge < -0.3 is 14.6 Å². The maximum atomic E-state index is 9.91. The lowest BCUT2D eigenvalue weighted by molar-refractivity contribution is -0.109. The standard InChI is InChI=1S/C12H25NO3/c1-3-5-13-6-8-16-12(9-13)11(14)10-15-7-4-2/h11-12,14H,3-10H2,1-2H3. The number of rotatable bonds is 7. The zero-order valence-electron chi connectivity index (χ0n) is 10.5. The summed E-state index contributed by atoms with van der Waals surface area (Å²) in [6, 6.07) is 0. The van der Waals surface area contributed by atoms with E-state index < -0.39 is 6.10 Å². The van der Waals surface area contributed by atoms with Crippen LogP contribution < -0.4 is 0 Å². The summed E-state index contributed by atoms with van der Waals surface area (Å²) >= 11 is 0. The minimum Gasteiger partial charge on any atom is -0.388 e. The van der Waals surface area contributed by atoms with Crippen molar-refractivity contribution in [2.45, 2.75) is 38.9 Å². The predicted octanol–water partition coefficient (Wildman–Crippen LogP) is 0.885. The summed E-state index contributed by atoms with van der Waals surface area (Å²) in [5.41, 5.74) is 0. The number of ether oxygens (including phenoxy) is 2. The Morgan fingerprint density at radius 3 is 2.94 bits per heavy atom. The van der Waals surface area contributed by atoms with Crippen LogP contribution in [-0.2, 0) is 9.47 Å². The lowest BCUT2D eigenvalue weighted by atomic mass is 10.1. The molecule has 0 radical (unpaired) electrons. The van der Waals surface area contributed by atoms with Crippen molar-refractivity contribution in [3.63, 3.8) is 0 Å². The Bertz CT molecular complexity index is 176. The third-order valence-electron chi connectivity index (χ3n) is 2.78. The first-order valence-electron chi connectivity index (χ1n) is 6.37. The molecule has 1 rings (SSSR count). The van der Waals surface area contributed by atoms with Crippen molar-refractivity contribution in [2.24, 2.45) is 0 Å². The molecule has 4 heteroatoms. The van der Waals surface area contributed by atoms with Crippen LogP contribution in [0.5, 0.6) is 0 Å². The highest BCUT2D eigenvalue weighted by molar-refractivity contribution is 4.77. The lowest BCUT2D eigenvalue weighted by Gasteiger charge is -2.34. The van der Waals surface area contributed by atoms with E-state index >= 15 is 0 Å². The van der Waals surface area contributed by atoms with Crippen LogP contribution in [0.1, 0.15) is 26.7 Å². The van der Waals surface area contributed by atoms with Crippen molar-refractivity contribution in [1.82, 2.24) is 4.90 Å². The van der Waals surface area contributed by atoms with Crippen molar-refractivity contribution >= 4 is 0 Å². The quantitative estimate of drug-likeness (QED) is 0.661. The summed E-state index contributed by atoms with van der Waals surface area (Å²) in [6.07, 6.45) is 1.55. The Labute approximate surface area is 98.5 Å². The van der Waals surface area contributed by atoms with Crippen molar-refractivity contribution < 1.29 is 14.6 Å². The second-order valence-corrected chi connectivity index (χ2v) is 4.35. The fraction of sp³-hybridized carbons (Fsp3) is 1.00. The highest BCUT2D eigenvalue weighted by Gasteiger charge is 2.26. The summed E-state index contributed by atoms with van der Waals surface area (Å²) in [4.78, 5) is 2.34. The number of morpholine rings is 1. The molecule has 1 aliphatic rings. The van der Waals surface area contributed by atoms with E-state index in [-0.39, 0.29) is 6.10 Å². The van der Waals surface area contributed by atoms with E-state index in [1.807, 2.05) is 0 Å². The zero-order valence-corrected chi connectivity index (χ0v) is 10.5. The summed E-state index contributed by atoms with van der Waals surface area (Å²) in [6.45, 7) is 8.94. The molecule has 4 nitrogen and oxygen atoms in total. The third kappa shape index (κ3) is 4.78. The van der Waals surface area contributed by atoms with Crippen LogP contribution in [0.4, 0.5) is 0 Å². The first kappa shape index (κ1) is 13.9. The van der Waals surface area contributed by atoms with Gasteiger partial charge in [-0.15, -0.1) is 0 Å². The molecule has 0 aromatic rings. The maximum absolute atomic E-state index is 9.91. The van der Waals surface area contributed by atoms with Gasteiger partial charge in [0.2, 0.25) is 0 Å². The molecule has 0 aromatic heterocycles. The Morgan fingerprint density at radius 2 is 2.25 bits per heavy atom. The molecule has 0 saturated carbocycles. The van der Waals surface area contributed by atoms with Crippen molar-refractivity contribution in [2.75, 3.05) is 39.5 Å². The number of hydrogen-bond acceptors (Lipinski definition) is 4. The second kappa shape index (κ2) is 8.01. The fourth-order valence-electron chi connectivity index (χ4n) is 1.94. The Kier molecular flexibility index (Phi) is 6.96. The molecule has 1 heterocycles. The van der Waals surface area contributed by atoms with Crippen LogP contribution >= 0.6 is 0 Å². The van der Waals surface area contributed by atoms with Crippen LogP contribution in [0, 0.1) is 0 Å². The summed E-state index contributed by atoms with van der Waals surface area (Å²) in [7, 11) is 0. The van der Waals surface area contributed by atoms with E-state index in [0.29, 0.717) is 13.2 Å². The highest BCUT2D eigenvalue weighted by atomic mass is 16.5. The summed E-state index contributed by atoms with van der Waals surface area (Å²) in [5, 5.41) is 9.91. The van der Waals surface area contributed by atoms with Gasteiger partial charge in [0.05, 0.1) is 19.3 Å². The molecule has 0 amide bonds. The summed E-state index contributed by atoms with van der Waals surface area (Å²) < 4.78 is 10.9. The van der Waals surface area contributed by atoms with Crippen LogP contribution in [0.2, 0.25) is 0 Å². The van der Waals surface area contributed by atoms with Gasteiger partial charge in [-0.25, -0.2) is 0 Å². The zero-order chi connectivity index (χ0) is 11.8. The van der Waals surface area contributed by atoms with Crippen molar-refractivity contribution in [3.05, 3.63) is 0 Å². The SMILES string of the molecule is CCCOCC(O)C1CN(CCC)CCO1. The molecule has 96 valence electrons. The van der Waals surface area contributed by atoms with Crippen molar-refractivity contribution in [1.29, 1.82) is 0 Å². The minimum atomic E-state index is -0.494. The average molecular weight is 231 g/mol. The van der Waals surface area contributed by atoms with Crippen molar-refractivity contribution in [3.8, 4) is 0 Å². The maximum Gasteiger partial charge on any atom is 0.105 e. The molecule has 2 atom stereocenters. The smallest absolute Gasteiger partial charge is 0.105 e. The van der Waals surface area contributed by atoms with Gasteiger partial charge in [0, 0.05) is 19.7 Å². The van der Waals surface area contributed by atoms with Crippen LogP contribution in [0.3, 0.4) is 0 Å². The molecule has 0 aromatic carbocycles. The second-order valence-electron chi connectivity index (χ2n) is 4.35. The van der Waals surface area contributed by atoms with Gasteiger partial charge in [-0.1, -0.05) is 13.8 Å². The molecule has 2 unspecified atom stereocenters. The first-order valence-corrected chi connectivity index (χ1v) is 6.37. The molecule has 16 heavy (non-hydrogen) atoms. The van der Waals surface area contributed by atoms with E-state index in [9.17, 15) is 5.11 Å². The van der Waals surface area contributed by atoms with E-state index in [2.05, 4.69) is 18.7 Å². The van der Waals surface area contributed by atoms with Gasteiger partial charge in [-0.2, -0.15) is 0 Å². The minimum absolute atomic E-state index is 0.0860. The highest BCUT2D eigenvalue weighted by Crippen LogP contribution is 2.10. The number of aliphatic hydroxyl groups excluding tert-OH is 1. The van der Waals surface area contributed by atoms with Gasteiger partial charge >= 0.3 is 0 Å². The summed E-state index contributed by atoms with van der Waals surface area (Å²) in [5.74, 6) is 0. The molecule has 0 bridgehead atoms. The molecule has 1 fully saturated rings. The Hall–Kier alpha value is -0.160. The molecule has 0 aliphatic carbocycles. The molecule has 0 spiro atoms. The van der Waals surface area contributed by atoms with Gasteiger partial charge in [-0.3, -0.25) is 4.90 Å². The van der Waals surface area contributed by atoms with E-state index in [4.69, 9.17) is 9.47 Å². The molecular formula is C12H25NO3. The van der Waals surface area contributed by atoms with E-state index in [1.54, 1.807) is 0 Å².